The van der Waals surface area contributed by atoms with Crippen molar-refractivity contribution < 1.29 is 18.9 Å². The van der Waals surface area contributed by atoms with Crippen molar-refractivity contribution in [1.82, 2.24) is 4.90 Å². The first-order chi connectivity index (χ1) is 17.8. The molecular weight excluding hydrogens is 518 g/mol. The smallest absolute Gasteiger partial charge is 0.231 e. The van der Waals surface area contributed by atoms with Crippen LogP contribution in [0.25, 0.3) is 11.8 Å². The standard InChI is InChI=1S/C30H36BrNO4/c1-33-25-11-10-22-16-24-23-18-27-26(35-19-36-27)17-21(23)12-14-32(24)29(20-8-4-5-9-20)28(22)30(25)34-15-7-3-2-6-13-31/h10-11,16-18,20,29H,2-9,12-15,19H2,1H3/t29-/m1/s1. The topological polar surface area (TPSA) is 40.2 Å². The Hall–Kier alpha value is -2.34. The van der Waals surface area contributed by atoms with Crippen LogP contribution in [-0.2, 0) is 6.42 Å². The molecule has 2 aromatic carbocycles. The van der Waals surface area contributed by atoms with Crippen LogP contribution in [0, 0.1) is 5.92 Å². The van der Waals surface area contributed by atoms with Gasteiger partial charge in [0.1, 0.15) is 0 Å². The predicted molar refractivity (Wildman–Crippen MR) is 146 cm³/mol. The van der Waals surface area contributed by atoms with Crippen LogP contribution >= 0.6 is 15.9 Å². The Kier molecular flexibility index (Phi) is 7.05. The monoisotopic (exact) mass is 553 g/mol. The lowest BCUT2D eigenvalue weighted by Gasteiger charge is -2.46. The summed E-state index contributed by atoms with van der Waals surface area (Å²) in [5.74, 6) is 4.17. The van der Waals surface area contributed by atoms with E-state index in [4.69, 9.17) is 18.9 Å². The molecular formula is C30H36BrNO4. The van der Waals surface area contributed by atoms with E-state index in [0.29, 0.717) is 18.8 Å². The van der Waals surface area contributed by atoms with E-state index < -0.39 is 0 Å². The Balaban J connectivity index is 1.40. The van der Waals surface area contributed by atoms with Crippen LogP contribution in [0.15, 0.2) is 24.3 Å². The largest absolute Gasteiger partial charge is 0.493 e. The molecule has 6 heteroatoms. The van der Waals surface area contributed by atoms with Crippen molar-refractivity contribution in [2.45, 2.75) is 63.8 Å². The molecule has 0 spiro atoms. The number of unbranched alkanes of at least 4 members (excludes halogenated alkanes) is 3. The summed E-state index contributed by atoms with van der Waals surface area (Å²) in [4.78, 5) is 2.66. The van der Waals surface area contributed by atoms with Gasteiger partial charge in [0.25, 0.3) is 0 Å². The zero-order chi connectivity index (χ0) is 24.5. The van der Waals surface area contributed by atoms with Crippen molar-refractivity contribution >= 4 is 27.7 Å². The van der Waals surface area contributed by atoms with Crippen molar-refractivity contribution in [3.05, 3.63) is 46.5 Å². The fourth-order valence-electron chi connectivity index (χ4n) is 6.52. The summed E-state index contributed by atoms with van der Waals surface area (Å²) in [6.45, 7) is 2.04. The molecule has 0 N–H and O–H groups in total. The molecule has 4 aliphatic rings. The highest BCUT2D eigenvalue weighted by molar-refractivity contribution is 9.09. The van der Waals surface area contributed by atoms with Crippen molar-refractivity contribution in [2.24, 2.45) is 5.92 Å². The molecule has 1 aliphatic carbocycles. The van der Waals surface area contributed by atoms with Gasteiger partial charge in [-0.3, -0.25) is 0 Å². The lowest BCUT2D eigenvalue weighted by molar-refractivity contribution is 0.174. The molecule has 36 heavy (non-hydrogen) atoms. The lowest BCUT2D eigenvalue weighted by atomic mass is 9.80. The molecule has 0 saturated heterocycles. The summed E-state index contributed by atoms with van der Waals surface area (Å²) in [6, 6.07) is 9.00. The summed E-state index contributed by atoms with van der Waals surface area (Å²) in [5, 5.41) is 1.08. The van der Waals surface area contributed by atoms with E-state index in [-0.39, 0.29) is 0 Å². The van der Waals surface area contributed by atoms with E-state index in [1.165, 1.54) is 72.9 Å². The van der Waals surface area contributed by atoms with E-state index in [0.717, 1.165) is 54.3 Å². The zero-order valence-electron chi connectivity index (χ0n) is 21.2. The average Bonchev–Trinajstić information content (AvgIpc) is 3.60. The summed E-state index contributed by atoms with van der Waals surface area (Å²) in [7, 11) is 1.76. The van der Waals surface area contributed by atoms with Gasteiger partial charge in [0.05, 0.1) is 19.8 Å². The first-order valence-corrected chi connectivity index (χ1v) is 14.7. The molecule has 1 saturated carbocycles. The Morgan fingerprint density at radius 1 is 1.03 bits per heavy atom. The van der Waals surface area contributed by atoms with Crippen molar-refractivity contribution in [3.63, 3.8) is 0 Å². The maximum Gasteiger partial charge on any atom is 0.231 e. The molecule has 0 unspecified atom stereocenters. The maximum absolute atomic E-state index is 6.58. The molecule has 1 atom stereocenters. The number of hydrogen-bond donors (Lipinski definition) is 0. The molecule has 2 aromatic rings. The number of benzene rings is 2. The maximum atomic E-state index is 6.58. The van der Waals surface area contributed by atoms with Gasteiger partial charge in [-0.25, -0.2) is 0 Å². The SMILES string of the molecule is COc1ccc2c(c1OCCCCCCBr)[C@@H](C1CCCC1)N1CCc3cc4c(cc3C1=C2)OCO4. The van der Waals surface area contributed by atoms with Crippen LogP contribution in [0.3, 0.4) is 0 Å². The fourth-order valence-corrected chi connectivity index (χ4v) is 6.92. The third-order valence-corrected chi connectivity index (χ3v) is 8.82. The van der Waals surface area contributed by atoms with Gasteiger partial charge in [-0.1, -0.05) is 47.7 Å². The van der Waals surface area contributed by atoms with Gasteiger partial charge in [-0.15, -0.1) is 0 Å². The van der Waals surface area contributed by atoms with Gasteiger partial charge >= 0.3 is 0 Å². The number of alkyl halides is 1. The Morgan fingerprint density at radius 3 is 2.64 bits per heavy atom. The second-order valence-corrected chi connectivity index (χ2v) is 11.2. The van der Waals surface area contributed by atoms with Crippen molar-refractivity contribution in [1.29, 1.82) is 0 Å². The minimum absolute atomic E-state index is 0.305. The third-order valence-electron chi connectivity index (χ3n) is 8.26. The van der Waals surface area contributed by atoms with Crippen LogP contribution in [0.1, 0.15) is 79.7 Å². The van der Waals surface area contributed by atoms with E-state index in [9.17, 15) is 0 Å². The molecule has 0 aromatic heterocycles. The molecule has 6 rings (SSSR count). The molecule has 0 bridgehead atoms. The van der Waals surface area contributed by atoms with Crippen LogP contribution in [0.2, 0.25) is 0 Å². The molecule has 3 heterocycles. The highest BCUT2D eigenvalue weighted by Crippen LogP contribution is 2.54. The number of rotatable bonds is 9. The number of nitrogens with zero attached hydrogens (tertiary/aromatic N) is 1. The first kappa shape index (κ1) is 24.0. The third kappa shape index (κ3) is 4.36. The van der Waals surface area contributed by atoms with Crippen LogP contribution in [-0.4, -0.2) is 37.3 Å². The normalized spacial score (nSPS) is 20.0. The number of fused-ring (bicyclic) bond motifs is 5. The Bertz CT molecular complexity index is 1140. The molecule has 0 amide bonds. The summed E-state index contributed by atoms with van der Waals surface area (Å²) in [6.07, 6.45) is 13.3. The molecule has 1 fully saturated rings. The second kappa shape index (κ2) is 10.6. The number of hydrogen-bond acceptors (Lipinski definition) is 5. The van der Waals surface area contributed by atoms with Crippen LogP contribution in [0.5, 0.6) is 23.0 Å². The molecule has 5 nitrogen and oxygen atoms in total. The summed E-state index contributed by atoms with van der Waals surface area (Å²) in [5.41, 5.74) is 6.53. The van der Waals surface area contributed by atoms with Gasteiger partial charge in [0, 0.05) is 28.7 Å². The quantitative estimate of drug-likeness (QED) is 0.239. The van der Waals surface area contributed by atoms with Crippen molar-refractivity contribution in [2.75, 3.05) is 32.4 Å². The van der Waals surface area contributed by atoms with Gasteiger partial charge in [0.2, 0.25) is 6.79 Å². The number of halogens is 1. The van der Waals surface area contributed by atoms with Crippen molar-refractivity contribution in [3.8, 4) is 23.0 Å². The molecule has 192 valence electrons. The van der Waals surface area contributed by atoms with Crippen LogP contribution in [0.4, 0.5) is 0 Å². The predicted octanol–water partition coefficient (Wildman–Crippen LogP) is 7.36. The van der Waals surface area contributed by atoms with Gasteiger partial charge in [-0.2, -0.15) is 0 Å². The highest BCUT2D eigenvalue weighted by atomic mass is 79.9. The number of methoxy groups -OCH3 is 1. The average molecular weight is 555 g/mol. The zero-order valence-corrected chi connectivity index (χ0v) is 22.8. The van der Waals surface area contributed by atoms with E-state index in [2.05, 4.69) is 51.2 Å². The minimum atomic E-state index is 0.305. The first-order valence-electron chi connectivity index (χ1n) is 13.6. The van der Waals surface area contributed by atoms with Crippen LogP contribution < -0.4 is 18.9 Å². The highest BCUT2D eigenvalue weighted by Gasteiger charge is 2.41. The molecule has 3 aliphatic heterocycles. The Morgan fingerprint density at radius 2 is 1.83 bits per heavy atom. The summed E-state index contributed by atoms with van der Waals surface area (Å²) >= 11 is 3.54. The summed E-state index contributed by atoms with van der Waals surface area (Å²) < 4.78 is 23.9. The molecule has 0 radical (unpaired) electrons. The number of ether oxygens (including phenoxy) is 4. The van der Waals surface area contributed by atoms with E-state index in [1.54, 1.807) is 7.11 Å². The van der Waals surface area contributed by atoms with E-state index in [1.807, 2.05) is 0 Å². The van der Waals surface area contributed by atoms with Gasteiger partial charge in [0.15, 0.2) is 23.0 Å². The minimum Gasteiger partial charge on any atom is -0.493 e. The fraction of sp³-hybridized carbons (Fsp3) is 0.533. The van der Waals surface area contributed by atoms with Gasteiger partial charge in [-0.05, 0) is 73.4 Å². The van der Waals surface area contributed by atoms with E-state index >= 15 is 0 Å². The lowest BCUT2D eigenvalue weighted by Crippen LogP contribution is -2.38. The Labute approximate surface area is 222 Å². The van der Waals surface area contributed by atoms with Gasteiger partial charge < -0.3 is 23.8 Å². The second-order valence-electron chi connectivity index (χ2n) is 10.4.